The topological polar surface area (TPSA) is 15.3 Å². The molecule has 0 saturated carbocycles. The molecule has 0 spiro atoms. The van der Waals surface area contributed by atoms with E-state index < -0.39 is 0 Å². The van der Waals surface area contributed by atoms with E-state index in [1.54, 1.807) is 0 Å². The third kappa shape index (κ3) is 11.1. The Kier molecular flexibility index (Phi) is 12.1. The van der Waals surface area contributed by atoms with Gasteiger partial charge in [0.05, 0.1) is 0 Å². The van der Waals surface area contributed by atoms with Crippen LogP contribution in [0.1, 0.15) is 60.8 Å². The molecule has 2 heteroatoms. The summed E-state index contributed by atoms with van der Waals surface area (Å²) in [6.45, 7) is 17.9. The van der Waals surface area contributed by atoms with Crippen molar-refractivity contribution >= 4 is 0 Å². The lowest BCUT2D eigenvalue weighted by Crippen LogP contribution is -2.39. The molecule has 2 nitrogen and oxygen atoms in total. The summed E-state index contributed by atoms with van der Waals surface area (Å²) in [5.74, 6) is 6.95. The smallest absolute Gasteiger partial charge is 0.0374 e. The van der Waals surface area contributed by atoms with E-state index in [-0.39, 0.29) is 0 Å². The summed E-state index contributed by atoms with van der Waals surface area (Å²) >= 11 is 0. The van der Waals surface area contributed by atoms with Gasteiger partial charge in [0.2, 0.25) is 0 Å². The summed E-state index contributed by atoms with van der Waals surface area (Å²) in [5.41, 5.74) is 2.52. The van der Waals surface area contributed by atoms with Crippen LogP contribution in [0.3, 0.4) is 0 Å². The first-order valence-corrected chi connectivity index (χ1v) is 9.24. The van der Waals surface area contributed by atoms with Crippen LogP contribution in [0, 0.1) is 17.8 Å². The number of nitrogens with zero attached hydrogens (tertiary/aromatic N) is 1. The monoisotopic (exact) mass is 330 g/mol. The maximum atomic E-state index is 3.94. The minimum absolute atomic E-state index is 0.355. The van der Waals surface area contributed by atoms with Gasteiger partial charge in [-0.05, 0) is 59.2 Å². The third-order valence-corrected chi connectivity index (χ3v) is 4.10. The number of allylic oxidation sites excluding steroid dienone is 2. The van der Waals surface area contributed by atoms with E-state index in [4.69, 9.17) is 0 Å². The van der Waals surface area contributed by atoms with Crippen molar-refractivity contribution in [3.63, 3.8) is 0 Å². The molecule has 3 atom stereocenters. The normalized spacial score (nSPS) is 15.5. The van der Waals surface area contributed by atoms with Gasteiger partial charge in [0.15, 0.2) is 0 Å². The summed E-state index contributed by atoms with van der Waals surface area (Å²) in [6, 6.07) is 0.881. The lowest BCUT2D eigenvalue weighted by atomic mass is 9.98. The fourth-order valence-electron chi connectivity index (χ4n) is 2.47. The van der Waals surface area contributed by atoms with Crippen LogP contribution in [0.5, 0.6) is 0 Å². The highest BCUT2D eigenvalue weighted by atomic mass is 15.1. The van der Waals surface area contributed by atoms with E-state index >= 15 is 0 Å². The quantitative estimate of drug-likeness (QED) is 0.440. The molecule has 0 amide bonds. The van der Waals surface area contributed by atoms with Crippen molar-refractivity contribution in [1.82, 2.24) is 10.2 Å². The maximum absolute atomic E-state index is 3.94. The average molecular weight is 331 g/mol. The Bertz CT molecular complexity index is 476. The molecule has 0 bridgehead atoms. The molecule has 0 saturated heterocycles. The molecular formula is C22H38N2. The van der Waals surface area contributed by atoms with Crippen LogP contribution in [0.25, 0.3) is 0 Å². The van der Waals surface area contributed by atoms with Gasteiger partial charge >= 0.3 is 0 Å². The summed E-state index contributed by atoms with van der Waals surface area (Å²) < 4.78 is 0. The average Bonchev–Trinajstić information content (AvgIpc) is 2.51. The van der Waals surface area contributed by atoms with E-state index in [1.165, 1.54) is 11.1 Å². The highest BCUT2D eigenvalue weighted by Crippen LogP contribution is 2.09. The fraction of sp³-hybridized carbons (Fsp3) is 0.636. The van der Waals surface area contributed by atoms with Gasteiger partial charge in [-0.2, -0.15) is 0 Å². The van der Waals surface area contributed by atoms with E-state index in [0.29, 0.717) is 18.0 Å². The zero-order valence-electron chi connectivity index (χ0n) is 16.9. The van der Waals surface area contributed by atoms with E-state index in [2.05, 4.69) is 89.5 Å². The predicted octanol–water partition coefficient (Wildman–Crippen LogP) is 5.15. The highest BCUT2D eigenvalue weighted by Gasteiger charge is 2.15. The fourth-order valence-corrected chi connectivity index (χ4v) is 2.47. The molecule has 0 heterocycles. The second kappa shape index (κ2) is 12.9. The van der Waals surface area contributed by atoms with E-state index in [1.807, 2.05) is 6.08 Å². The molecule has 0 aromatic heterocycles. The molecule has 24 heavy (non-hydrogen) atoms. The second-order valence-electron chi connectivity index (χ2n) is 7.00. The number of nitrogens with one attached hydrogen (secondary N) is 1. The molecule has 0 aliphatic carbocycles. The maximum Gasteiger partial charge on any atom is 0.0374 e. The van der Waals surface area contributed by atoms with Crippen LogP contribution in [0.2, 0.25) is 0 Å². The SMILES string of the molecule is C=C(C)CN(C)/C=C\CC(C)NC(CC)C(C)C#C/C=C(/C)CC. The molecular weight excluding hydrogens is 292 g/mol. The Labute approximate surface area is 151 Å². The molecule has 0 rings (SSSR count). The predicted molar refractivity (Wildman–Crippen MR) is 109 cm³/mol. The van der Waals surface area contributed by atoms with Gasteiger partial charge in [0.25, 0.3) is 0 Å². The van der Waals surface area contributed by atoms with Gasteiger partial charge in [-0.1, -0.05) is 49.5 Å². The van der Waals surface area contributed by atoms with Crippen LogP contribution in [0.15, 0.2) is 36.1 Å². The summed E-state index contributed by atoms with van der Waals surface area (Å²) in [5, 5.41) is 3.72. The molecule has 3 unspecified atom stereocenters. The first kappa shape index (κ1) is 22.5. The molecule has 0 aliphatic rings. The zero-order valence-corrected chi connectivity index (χ0v) is 16.9. The first-order chi connectivity index (χ1) is 11.3. The van der Waals surface area contributed by atoms with Crippen molar-refractivity contribution in [3.8, 4) is 11.8 Å². The molecule has 136 valence electrons. The van der Waals surface area contributed by atoms with Crippen molar-refractivity contribution in [2.75, 3.05) is 13.6 Å². The Hall–Kier alpha value is -1.46. The number of rotatable bonds is 10. The van der Waals surface area contributed by atoms with Crippen molar-refractivity contribution in [2.24, 2.45) is 5.92 Å². The van der Waals surface area contributed by atoms with Gasteiger partial charge in [-0.15, -0.1) is 0 Å². The Balaban J connectivity index is 4.44. The lowest BCUT2D eigenvalue weighted by molar-refractivity contribution is 0.381. The van der Waals surface area contributed by atoms with Crippen LogP contribution in [-0.4, -0.2) is 30.6 Å². The molecule has 0 fully saturated rings. The molecule has 0 radical (unpaired) electrons. The minimum Gasteiger partial charge on any atom is -0.377 e. The largest absolute Gasteiger partial charge is 0.377 e. The zero-order chi connectivity index (χ0) is 18.5. The molecule has 0 aromatic rings. The standard InChI is InChI=1S/C22H38N2/c1-9-19(5)13-11-14-20(6)22(10-2)23-21(7)15-12-16-24(8)17-18(3)4/h12-13,16,20-23H,3,9-10,15,17H2,1-2,4-8H3/b16-12-,19-13-. The Morgan fingerprint density at radius 1 is 1.25 bits per heavy atom. The second-order valence-corrected chi connectivity index (χ2v) is 7.00. The van der Waals surface area contributed by atoms with Crippen molar-refractivity contribution < 1.29 is 0 Å². The third-order valence-electron chi connectivity index (χ3n) is 4.10. The van der Waals surface area contributed by atoms with Crippen molar-refractivity contribution in [2.45, 2.75) is 72.9 Å². The number of hydrogen-bond donors (Lipinski definition) is 1. The van der Waals surface area contributed by atoms with Gasteiger partial charge in [0, 0.05) is 31.6 Å². The van der Waals surface area contributed by atoms with Crippen molar-refractivity contribution in [1.29, 1.82) is 0 Å². The summed E-state index contributed by atoms with van der Waals surface area (Å²) in [7, 11) is 2.08. The Morgan fingerprint density at radius 2 is 1.92 bits per heavy atom. The lowest BCUT2D eigenvalue weighted by Gasteiger charge is -2.24. The van der Waals surface area contributed by atoms with Crippen LogP contribution < -0.4 is 5.32 Å². The van der Waals surface area contributed by atoms with E-state index in [9.17, 15) is 0 Å². The van der Waals surface area contributed by atoms with Gasteiger partial charge in [-0.25, -0.2) is 0 Å². The number of hydrogen-bond acceptors (Lipinski definition) is 2. The van der Waals surface area contributed by atoms with E-state index in [0.717, 1.165) is 25.8 Å². The van der Waals surface area contributed by atoms with Crippen LogP contribution in [0.4, 0.5) is 0 Å². The molecule has 0 aromatic carbocycles. The van der Waals surface area contributed by atoms with Gasteiger partial charge in [-0.3, -0.25) is 0 Å². The highest BCUT2D eigenvalue weighted by molar-refractivity contribution is 5.21. The Morgan fingerprint density at radius 3 is 2.46 bits per heavy atom. The van der Waals surface area contributed by atoms with Gasteiger partial charge in [0.1, 0.15) is 0 Å². The summed E-state index contributed by atoms with van der Waals surface area (Å²) in [6.07, 6.45) is 9.61. The van der Waals surface area contributed by atoms with Crippen LogP contribution in [-0.2, 0) is 0 Å². The number of likely N-dealkylation sites (N-methyl/N-ethyl adjacent to an activating group) is 1. The summed E-state index contributed by atoms with van der Waals surface area (Å²) in [4.78, 5) is 2.17. The van der Waals surface area contributed by atoms with Gasteiger partial charge < -0.3 is 10.2 Å². The van der Waals surface area contributed by atoms with Crippen LogP contribution >= 0.6 is 0 Å². The molecule has 1 N–H and O–H groups in total. The molecule has 0 aliphatic heterocycles. The van der Waals surface area contributed by atoms with Crippen molar-refractivity contribution in [3.05, 3.63) is 36.1 Å². The minimum atomic E-state index is 0.355. The first-order valence-electron chi connectivity index (χ1n) is 9.24.